The standard InChI is InChI=1S/C22H20Cl2FNO4S/c1-12-8-20-15(9-18(12)24)13(2)21(30-20)22(27)26(14-6-7-31(28,29)11-14)10-16-17(23)4-3-5-19(16)25/h3-5,8-9,14H,6-7,10-11H2,1-2H3/t14-/m0/s1. The van der Waals surface area contributed by atoms with Crippen molar-refractivity contribution in [3.63, 3.8) is 0 Å². The Morgan fingerprint density at radius 1 is 1.23 bits per heavy atom. The Bertz CT molecular complexity index is 1280. The third-order valence-electron chi connectivity index (χ3n) is 5.71. The van der Waals surface area contributed by atoms with Gasteiger partial charge in [0.05, 0.1) is 18.1 Å². The van der Waals surface area contributed by atoms with Crippen LogP contribution in [0.3, 0.4) is 0 Å². The lowest BCUT2D eigenvalue weighted by molar-refractivity contribution is 0.0647. The molecule has 164 valence electrons. The predicted molar refractivity (Wildman–Crippen MR) is 119 cm³/mol. The molecule has 31 heavy (non-hydrogen) atoms. The van der Waals surface area contributed by atoms with Crippen molar-refractivity contribution < 1.29 is 22.0 Å². The third kappa shape index (κ3) is 4.19. The molecule has 0 bridgehead atoms. The molecule has 3 aromatic rings. The summed E-state index contributed by atoms with van der Waals surface area (Å²) in [7, 11) is -3.28. The maximum absolute atomic E-state index is 14.5. The summed E-state index contributed by atoms with van der Waals surface area (Å²) >= 11 is 12.4. The molecule has 1 amide bonds. The van der Waals surface area contributed by atoms with E-state index in [-0.39, 0.29) is 40.8 Å². The van der Waals surface area contributed by atoms with Crippen molar-refractivity contribution in [3.8, 4) is 0 Å². The number of carbonyl (C=O) groups excluding carboxylic acids is 1. The number of nitrogens with zero attached hydrogens (tertiary/aromatic N) is 1. The highest BCUT2D eigenvalue weighted by Gasteiger charge is 2.37. The highest BCUT2D eigenvalue weighted by molar-refractivity contribution is 7.91. The summed E-state index contributed by atoms with van der Waals surface area (Å²) in [5.41, 5.74) is 2.03. The van der Waals surface area contributed by atoms with Gasteiger partial charge in [0, 0.05) is 32.6 Å². The Morgan fingerprint density at radius 3 is 2.61 bits per heavy atom. The van der Waals surface area contributed by atoms with E-state index in [0.717, 1.165) is 5.56 Å². The fraction of sp³-hybridized carbons (Fsp3) is 0.318. The van der Waals surface area contributed by atoms with E-state index in [4.69, 9.17) is 27.6 Å². The van der Waals surface area contributed by atoms with E-state index in [9.17, 15) is 17.6 Å². The molecule has 0 radical (unpaired) electrons. The molecule has 0 aliphatic carbocycles. The van der Waals surface area contributed by atoms with Gasteiger partial charge in [0.2, 0.25) is 0 Å². The number of hydrogen-bond acceptors (Lipinski definition) is 4. The number of amides is 1. The molecule has 1 aliphatic heterocycles. The number of fused-ring (bicyclic) bond motifs is 1. The van der Waals surface area contributed by atoms with Crippen molar-refractivity contribution in [3.05, 3.63) is 68.6 Å². The molecule has 0 unspecified atom stereocenters. The maximum atomic E-state index is 14.5. The van der Waals surface area contributed by atoms with Gasteiger partial charge in [-0.05, 0) is 50.1 Å². The van der Waals surface area contributed by atoms with Gasteiger partial charge < -0.3 is 9.32 Å². The van der Waals surface area contributed by atoms with Crippen LogP contribution in [0.15, 0.2) is 34.7 Å². The van der Waals surface area contributed by atoms with Gasteiger partial charge in [-0.15, -0.1) is 0 Å². The van der Waals surface area contributed by atoms with Crippen LogP contribution >= 0.6 is 23.2 Å². The van der Waals surface area contributed by atoms with Crippen molar-refractivity contribution >= 4 is 49.9 Å². The summed E-state index contributed by atoms with van der Waals surface area (Å²) in [6.45, 7) is 3.40. The highest BCUT2D eigenvalue weighted by atomic mass is 35.5. The second-order valence-corrected chi connectivity index (χ2v) is 10.9. The summed E-state index contributed by atoms with van der Waals surface area (Å²) < 4.78 is 44.5. The molecule has 0 spiro atoms. The number of carbonyl (C=O) groups is 1. The lowest BCUT2D eigenvalue weighted by Crippen LogP contribution is -2.41. The van der Waals surface area contributed by atoms with Crippen LogP contribution in [0.1, 0.15) is 33.7 Å². The Labute approximate surface area is 189 Å². The summed E-state index contributed by atoms with van der Waals surface area (Å²) in [6.07, 6.45) is 0.268. The molecular weight excluding hydrogens is 464 g/mol. The van der Waals surface area contributed by atoms with Crippen LogP contribution in [0.25, 0.3) is 11.0 Å². The van der Waals surface area contributed by atoms with E-state index >= 15 is 0 Å². The molecule has 0 saturated carbocycles. The number of hydrogen-bond donors (Lipinski definition) is 0. The summed E-state index contributed by atoms with van der Waals surface area (Å²) in [4.78, 5) is 14.9. The van der Waals surface area contributed by atoms with Crippen molar-refractivity contribution in [2.24, 2.45) is 0 Å². The molecular formula is C22H20Cl2FNO4S. The first kappa shape index (κ1) is 22.1. The predicted octanol–water partition coefficient (Wildman–Crippen LogP) is 5.33. The normalized spacial score (nSPS) is 17.9. The maximum Gasteiger partial charge on any atom is 0.290 e. The Morgan fingerprint density at radius 2 is 1.97 bits per heavy atom. The van der Waals surface area contributed by atoms with Gasteiger partial charge in [-0.25, -0.2) is 12.8 Å². The van der Waals surface area contributed by atoms with Crippen LogP contribution in [0, 0.1) is 19.7 Å². The second kappa shape index (κ2) is 8.11. The smallest absolute Gasteiger partial charge is 0.290 e. The third-order valence-corrected chi connectivity index (χ3v) is 8.22. The molecule has 1 aliphatic rings. The number of rotatable bonds is 4. The average molecular weight is 484 g/mol. The zero-order valence-electron chi connectivity index (χ0n) is 16.9. The largest absolute Gasteiger partial charge is 0.451 e. The molecule has 1 saturated heterocycles. The van der Waals surface area contributed by atoms with Crippen LogP contribution < -0.4 is 0 Å². The minimum Gasteiger partial charge on any atom is -0.451 e. The highest BCUT2D eigenvalue weighted by Crippen LogP contribution is 2.33. The van der Waals surface area contributed by atoms with Crippen molar-refractivity contribution in [1.82, 2.24) is 4.90 Å². The second-order valence-electron chi connectivity index (χ2n) is 7.84. The molecule has 9 heteroatoms. The molecule has 2 aromatic carbocycles. The van der Waals surface area contributed by atoms with Crippen LogP contribution in [0.5, 0.6) is 0 Å². The van der Waals surface area contributed by atoms with E-state index in [1.165, 1.54) is 23.1 Å². The molecule has 4 rings (SSSR count). The molecule has 1 fully saturated rings. The first-order valence-corrected chi connectivity index (χ1v) is 12.3. The average Bonchev–Trinajstić information content (AvgIpc) is 3.21. The Kier molecular flexibility index (Phi) is 5.79. The topological polar surface area (TPSA) is 67.6 Å². The first-order valence-electron chi connectivity index (χ1n) is 9.71. The number of furan rings is 1. The molecule has 1 aromatic heterocycles. The van der Waals surface area contributed by atoms with Gasteiger partial charge in [-0.2, -0.15) is 0 Å². The van der Waals surface area contributed by atoms with Crippen molar-refractivity contribution in [1.29, 1.82) is 0 Å². The van der Waals surface area contributed by atoms with Crippen LogP contribution in [-0.4, -0.2) is 36.8 Å². The number of aryl methyl sites for hydroxylation is 2. The van der Waals surface area contributed by atoms with E-state index < -0.39 is 27.6 Å². The molecule has 0 N–H and O–H groups in total. The van der Waals surface area contributed by atoms with E-state index in [2.05, 4.69) is 0 Å². The van der Waals surface area contributed by atoms with Gasteiger partial charge in [-0.1, -0.05) is 29.3 Å². The van der Waals surface area contributed by atoms with Gasteiger partial charge in [0.25, 0.3) is 5.91 Å². The van der Waals surface area contributed by atoms with Gasteiger partial charge in [-0.3, -0.25) is 4.79 Å². The fourth-order valence-electron chi connectivity index (χ4n) is 3.92. The van der Waals surface area contributed by atoms with Gasteiger partial charge in [0.1, 0.15) is 11.4 Å². The zero-order chi connectivity index (χ0) is 22.5. The van der Waals surface area contributed by atoms with Crippen molar-refractivity contribution in [2.45, 2.75) is 32.9 Å². The number of sulfone groups is 1. The SMILES string of the molecule is Cc1cc2oc(C(=O)N(Cc3c(F)cccc3Cl)[C@H]3CCS(=O)(=O)C3)c(C)c2cc1Cl. The minimum absolute atomic E-state index is 0.0274. The zero-order valence-corrected chi connectivity index (χ0v) is 19.2. The van der Waals surface area contributed by atoms with Gasteiger partial charge >= 0.3 is 0 Å². The fourth-order valence-corrected chi connectivity index (χ4v) is 6.03. The van der Waals surface area contributed by atoms with E-state index in [1.807, 2.05) is 6.92 Å². The summed E-state index contributed by atoms with van der Waals surface area (Å²) in [5, 5.41) is 1.41. The Balaban J connectivity index is 1.79. The number of benzene rings is 2. The lowest BCUT2D eigenvalue weighted by Gasteiger charge is -2.28. The van der Waals surface area contributed by atoms with Crippen LogP contribution in [0.2, 0.25) is 10.0 Å². The molecule has 2 heterocycles. The minimum atomic E-state index is -3.28. The van der Waals surface area contributed by atoms with E-state index in [1.54, 1.807) is 19.1 Å². The monoisotopic (exact) mass is 483 g/mol. The summed E-state index contributed by atoms with van der Waals surface area (Å²) in [5.74, 6) is -1.21. The number of halogens is 3. The van der Waals surface area contributed by atoms with Crippen LogP contribution in [-0.2, 0) is 16.4 Å². The Hall–Kier alpha value is -2.09. The quantitative estimate of drug-likeness (QED) is 0.503. The summed E-state index contributed by atoms with van der Waals surface area (Å²) in [6, 6.07) is 7.14. The van der Waals surface area contributed by atoms with Gasteiger partial charge in [0.15, 0.2) is 15.6 Å². The van der Waals surface area contributed by atoms with E-state index in [0.29, 0.717) is 21.6 Å². The first-order chi connectivity index (χ1) is 14.6. The molecule has 1 atom stereocenters. The van der Waals surface area contributed by atoms with Crippen molar-refractivity contribution in [2.75, 3.05) is 11.5 Å². The lowest BCUT2D eigenvalue weighted by atomic mass is 10.1. The molecule has 5 nitrogen and oxygen atoms in total. The van der Waals surface area contributed by atoms with Crippen LogP contribution in [0.4, 0.5) is 4.39 Å².